The number of ether oxygens (including phenoxy) is 1. The molecule has 0 spiro atoms. The Morgan fingerprint density at radius 2 is 2.25 bits per heavy atom. The molecular formula is C15H17N3O2. The van der Waals surface area contributed by atoms with Gasteiger partial charge >= 0.3 is 0 Å². The average Bonchev–Trinajstić information content (AvgIpc) is 2.90. The molecule has 5 nitrogen and oxygen atoms in total. The van der Waals surface area contributed by atoms with Crippen LogP contribution >= 0.6 is 0 Å². The smallest absolute Gasteiger partial charge is 0.147 e. The maximum atomic E-state index is 10.00. The van der Waals surface area contributed by atoms with Crippen molar-refractivity contribution in [3.05, 3.63) is 48.4 Å². The van der Waals surface area contributed by atoms with E-state index in [1.54, 1.807) is 25.7 Å². The molecule has 20 heavy (non-hydrogen) atoms. The summed E-state index contributed by atoms with van der Waals surface area (Å²) in [6.07, 6.45) is 5.38. The van der Waals surface area contributed by atoms with E-state index in [0.29, 0.717) is 13.0 Å². The van der Waals surface area contributed by atoms with Gasteiger partial charge in [0.15, 0.2) is 0 Å². The Kier molecular flexibility index (Phi) is 3.52. The second kappa shape index (κ2) is 5.46. The highest BCUT2D eigenvalue weighted by Crippen LogP contribution is 2.36. The van der Waals surface area contributed by atoms with Crippen molar-refractivity contribution in [1.82, 2.24) is 9.97 Å². The van der Waals surface area contributed by atoms with Crippen LogP contribution < -0.4 is 9.64 Å². The van der Waals surface area contributed by atoms with Gasteiger partial charge in [-0.05, 0) is 24.1 Å². The molecule has 104 valence electrons. The zero-order valence-corrected chi connectivity index (χ0v) is 11.3. The number of benzene rings is 1. The van der Waals surface area contributed by atoms with Gasteiger partial charge in [0.2, 0.25) is 0 Å². The molecule has 0 radical (unpaired) electrons. The predicted octanol–water partition coefficient (Wildman–Crippen LogP) is 1.80. The molecule has 1 aliphatic heterocycles. The van der Waals surface area contributed by atoms with Crippen molar-refractivity contribution in [1.29, 1.82) is 0 Å². The summed E-state index contributed by atoms with van der Waals surface area (Å²) >= 11 is 0. The number of anilines is 1. The van der Waals surface area contributed by atoms with E-state index in [4.69, 9.17) is 4.74 Å². The zero-order chi connectivity index (χ0) is 13.9. The molecule has 1 fully saturated rings. The Hall–Kier alpha value is -2.14. The Labute approximate surface area is 117 Å². The second-order valence-corrected chi connectivity index (χ2v) is 4.90. The molecule has 0 saturated carbocycles. The molecule has 1 aromatic heterocycles. The van der Waals surface area contributed by atoms with Gasteiger partial charge in [0.05, 0.1) is 25.5 Å². The average molecular weight is 271 g/mol. The second-order valence-electron chi connectivity index (χ2n) is 4.90. The molecule has 1 N–H and O–H groups in total. The van der Waals surface area contributed by atoms with Gasteiger partial charge < -0.3 is 14.7 Å². The lowest BCUT2D eigenvalue weighted by molar-refractivity contribution is 0.194. The van der Waals surface area contributed by atoms with E-state index in [9.17, 15) is 5.11 Å². The van der Waals surface area contributed by atoms with Crippen LogP contribution in [0.25, 0.3) is 0 Å². The summed E-state index contributed by atoms with van der Waals surface area (Å²) in [5, 5.41) is 10.00. The van der Waals surface area contributed by atoms with E-state index in [-0.39, 0.29) is 12.1 Å². The third-order valence-electron chi connectivity index (χ3n) is 3.60. The van der Waals surface area contributed by atoms with E-state index >= 15 is 0 Å². The van der Waals surface area contributed by atoms with Gasteiger partial charge in [-0.3, -0.25) is 4.98 Å². The van der Waals surface area contributed by atoms with Crippen molar-refractivity contribution in [2.24, 2.45) is 0 Å². The van der Waals surface area contributed by atoms with E-state index in [1.807, 2.05) is 18.2 Å². The van der Waals surface area contributed by atoms with Gasteiger partial charge in [0.1, 0.15) is 11.6 Å². The van der Waals surface area contributed by atoms with Crippen LogP contribution in [0.2, 0.25) is 0 Å². The number of β-amino-alcohol motifs (C(OH)–C–C–N with tert-alkyl or cyclic N) is 1. The monoisotopic (exact) mass is 271 g/mol. The molecule has 1 saturated heterocycles. The number of rotatable bonds is 3. The Balaban J connectivity index is 1.94. The fourth-order valence-electron chi connectivity index (χ4n) is 2.67. The molecule has 1 aromatic carbocycles. The first kappa shape index (κ1) is 12.9. The number of aliphatic hydroxyl groups is 1. The van der Waals surface area contributed by atoms with E-state index in [1.165, 1.54) is 0 Å². The molecule has 0 aliphatic carbocycles. The van der Waals surface area contributed by atoms with Gasteiger partial charge in [-0.25, -0.2) is 4.98 Å². The van der Waals surface area contributed by atoms with Crippen LogP contribution in [0.3, 0.4) is 0 Å². The van der Waals surface area contributed by atoms with Crippen LogP contribution in [0, 0.1) is 0 Å². The first-order valence-corrected chi connectivity index (χ1v) is 6.62. The van der Waals surface area contributed by atoms with Gasteiger partial charge in [-0.15, -0.1) is 0 Å². The van der Waals surface area contributed by atoms with Crippen LogP contribution in [-0.4, -0.2) is 34.8 Å². The summed E-state index contributed by atoms with van der Waals surface area (Å²) in [4.78, 5) is 10.5. The predicted molar refractivity (Wildman–Crippen MR) is 75.7 cm³/mol. The number of nitrogens with zero attached hydrogens (tertiary/aromatic N) is 3. The fraction of sp³-hybridized carbons (Fsp3) is 0.333. The first-order valence-electron chi connectivity index (χ1n) is 6.62. The minimum Gasteiger partial charge on any atom is -0.497 e. The van der Waals surface area contributed by atoms with E-state index in [0.717, 1.165) is 17.1 Å². The number of hydrogen-bond acceptors (Lipinski definition) is 5. The summed E-state index contributed by atoms with van der Waals surface area (Å²) in [5.41, 5.74) is 1.12. The van der Waals surface area contributed by atoms with Crippen molar-refractivity contribution in [2.45, 2.75) is 18.6 Å². The largest absolute Gasteiger partial charge is 0.497 e. The molecule has 1 aliphatic rings. The van der Waals surface area contributed by atoms with E-state index < -0.39 is 0 Å². The third-order valence-corrected chi connectivity index (χ3v) is 3.60. The SMILES string of the molecule is COc1cccc([C@H]2C[C@H](O)CN2c2cnccn2)c1. The van der Waals surface area contributed by atoms with Crippen molar-refractivity contribution in [2.75, 3.05) is 18.6 Å². The third kappa shape index (κ3) is 2.44. The standard InChI is InChI=1S/C15H17N3O2/c1-20-13-4-2-3-11(7-13)14-8-12(19)10-18(14)15-9-16-5-6-17-15/h2-7,9,12,14,19H,8,10H2,1H3/t12-,14+/m0/s1. The highest BCUT2D eigenvalue weighted by atomic mass is 16.5. The minimum absolute atomic E-state index is 0.0943. The first-order chi connectivity index (χ1) is 9.78. The molecular weight excluding hydrogens is 254 g/mol. The summed E-state index contributed by atoms with van der Waals surface area (Å²) in [7, 11) is 1.66. The highest BCUT2D eigenvalue weighted by Gasteiger charge is 2.33. The maximum absolute atomic E-state index is 10.00. The van der Waals surface area contributed by atoms with Crippen molar-refractivity contribution < 1.29 is 9.84 Å². The maximum Gasteiger partial charge on any atom is 0.147 e. The van der Waals surface area contributed by atoms with Crippen LogP contribution in [0.4, 0.5) is 5.82 Å². The van der Waals surface area contributed by atoms with Gasteiger partial charge in [0.25, 0.3) is 0 Å². The summed E-state index contributed by atoms with van der Waals surface area (Å²) in [6.45, 7) is 0.570. The Morgan fingerprint density at radius 3 is 3.00 bits per heavy atom. The normalized spacial score (nSPS) is 22.0. The minimum atomic E-state index is -0.354. The molecule has 0 bridgehead atoms. The van der Waals surface area contributed by atoms with Crippen LogP contribution in [0.1, 0.15) is 18.0 Å². The lowest BCUT2D eigenvalue weighted by atomic mass is 10.0. The van der Waals surface area contributed by atoms with E-state index in [2.05, 4.69) is 20.9 Å². The number of aliphatic hydroxyl groups excluding tert-OH is 1. The molecule has 2 aromatic rings. The van der Waals surface area contributed by atoms with Gasteiger partial charge in [0, 0.05) is 18.9 Å². The molecule has 0 amide bonds. The summed E-state index contributed by atoms with van der Waals surface area (Å²) in [6, 6.07) is 8.03. The fourth-order valence-corrected chi connectivity index (χ4v) is 2.67. The van der Waals surface area contributed by atoms with Crippen molar-refractivity contribution in [3.8, 4) is 5.75 Å². The van der Waals surface area contributed by atoms with Crippen LogP contribution in [-0.2, 0) is 0 Å². The summed E-state index contributed by atoms with van der Waals surface area (Å²) in [5.74, 6) is 1.61. The van der Waals surface area contributed by atoms with Crippen molar-refractivity contribution in [3.63, 3.8) is 0 Å². The zero-order valence-electron chi connectivity index (χ0n) is 11.3. The molecule has 2 heterocycles. The van der Waals surface area contributed by atoms with Crippen LogP contribution in [0.15, 0.2) is 42.9 Å². The Morgan fingerprint density at radius 1 is 1.35 bits per heavy atom. The van der Waals surface area contributed by atoms with Crippen LogP contribution in [0.5, 0.6) is 5.75 Å². The van der Waals surface area contributed by atoms with Crippen molar-refractivity contribution >= 4 is 5.82 Å². The number of methoxy groups -OCH3 is 1. The Bertz CT molecular complexity index is 576. The lowest BCUT2D eigenvalue weighted by Gasteiger charge is -2.25. The quantitative estimate of drug-likeness (QED) is 0.922. The topological polar surface area (TPSA) is 58.5 Å². The molecule has 3 rings (SSSR count). The molecule has 0 unspecified atom stereocenters. The highest BCUT2D eigenvalue weighted by molar-refractivity contribution is 5.44. The molecule has 2 atom stereocenters. The van der Waals surface area contributed by atoms with Gasteiger partial charge in [-0.1, -0.05) is 12.1 Å². The number of aromatic nitrogens is 2. The van der Waals surface area contributed by atoms with Gasteiger partial charge in [-0.2, -0.15) is 0 Å². The number of hydrogen-bond donors (Lipinski definition) is 1. The lowest BCUT2D eigenvalue weighted by Crippen LogP contribution is -2.25. The molecule has 5 heteroatoms. The summed E-state index contributed by atoms with van der Waals surface area (Å²) < 4.78 is 5.27.